The van der Waals surface area contributed by atoms with Crippen molar-refractivity contribution in [1.29, 1.82) is 0 Å². The van der Waals surface area contributed by atoms with Crippen LogP contribution in [0, 0.1) is 11.8 Å². The molecular weight excluding hydrogens is 136 g/mol. The third-order valence-corrected chi connectivity index (χ3v) is 2.62. The summed E-state index contributed by atoms with van der Waals surface area (Å²) in [5, 5.41) is 0. The molecule has 0 N–H and O–H groups in total. The topological polar surface area (TPSA) is 9.23 Å². The van der Waals surface area contributed by atoms with Gasteiger partial charge in [-0.2, -0.15) is 0 Å². The smallest absolute Gasteiger partial charge is 0.0462 e. The SMILES string of the molecule is CCC(C)C(C)CCCOC. The van der Waals surface area contributed by atoms with Gasteiger partial charge in [0.25, 0.3) is 0 Å². The van der Waals surface area contributed by atoms with E-state index < -0.39 is 0 Å². The fraction of sp³-hybridized carbons (Fsp3) is 1.00. The minimum atomic E-state index is 0.857. The van der Waals surface area contributed by atoms with Gasteiger partial charge in [0, 0.05) is 13.7 Å². The van der Waals surface area contributed by atoms with Gasteiger partial charge in [-0.25, -0.2) is 0 Å². The average molecular weight is 158 g/mol. The Bertz CT molecular complexity index is 80.9. The molecule has 0 spiro atoms. The summed E-state index contributed by atoms with van der Waals surface area (Å²) in [6.07, 6.45) is 3.82. The number of rotatable bonds is 6. The Hall–Kier alpha value is -0.0400. The van der Waals surface area contributed by atoms with Gasteiger partial charge >= 0.3 is 0 Å². The summed E-state index contributed by atoms with van der Waals surface area (Å²) in [6.45, 7) is 7.85. The molecule has 0 aromatic heterocycles. The van der Waals surface area contributed by atoms with Gasteiger partial charge in [-0.1, -0.05) is 27.2 Å². The van der Waals surface area contributed by atoms with E-state index in [1.807, 2.05) is 0 Å². The number of hydrogen-bond donors (Lipinski definition) is 0. The molecule has 0 saturated carbocycles. The van der Waals surface area contributed by atoms with Gasteiger partial charge in [0.05, 0.1) is 0 Å². The van der Waals surface area contributed by atoms with Crippen molar-refractivity contribution >= 4 is 0 Å². The maximum Gasteiger partial charge on any atom is 0.0462 e. The molecule has 2 atom stereocenters. The van der Waals surface area contributed by atoms with Crippen LogP contribution in [0.15, 0.2) is 0 Å². The molecule has 0 bridgehead atoms. The predicted molar refractivity (Wildman–Crippen MR) is 49.7 cm³/mol. The molecule has 1 heteroatoms. The fourth-order valence-corrected chi connectivity index (χ4v) is 1.24. The van der Waals surface area contributed by atoms with Crippen molar-refractivity contribution in [3.63, 3.8) is 0 Å². The van der Waals surface area contributed by atoms with E-state index in [0.29, 0.717) is 0 Å². The predicted octanol–water partition coefficient (Wildman–Crippen LogP) is 3.10. The largest absolute Gasteiger partial charge is 0.385 e. The Labute approximate surface area is 71.1 Å². The van der Waals surface area contributed by atoms with Crippen LogP contribution in [0.4, 0.5) is 0 Å². The highest BCUT2D eigenvalue weighted by molar-refractivity contribution is 4.59. The molecule has 0 aliphatic heterocycles. The van der Waals surface area contributed by atoms with Gasteiger partial charge in [0.15, 0.2) is 0 Å². The lowest BCUT2D eigenvalue weighted by molar-refractivity contribution is 0.182. The van der Waals surface area contributed by atoms with Crippen molar-refractivity contribution in [3.8, 4) is 0 Å². The zero-order valence-electron chi connectivity index (χ0n) is 8.39. The number of ether oxygens (including phenoxy) is 1. The van der Waals surface area contributed by atoms with E-state index >= 15 is 0 Å². The van der Waals surface area contributed by atoms with Crippen molar-refractivity contribution in [2.45, 2.75) is 40.0 Å². The molecule has 0 fully saturated rings. The van der Waals surface area contributed by atoms with Crippen LogP contribution in [-0.2, 0) is 4.74 Å². The molecule has 0 aliphatic rings. The van der Waals surface area contributed by atoms with Crippen molar-refractivity contribution < 1.29 is 4.74 Å². The third kappa shape index (κ3) is 5.25. The summed E-state index contributed by atoms with van der Waals surface area (Å²) < 4.78 is 5.01. The molecule has 0 radical (unpaired) electrons. The van der Waals surface area contributed by atoms with E-state index in [1.54, 1.807) is 7.11 Å². The molecule has 0 aliphatic carbocycles. The highest BCUT2D eigenvalue weighted by atomic mass is 16.5. The molecule has 0 aromatic rings. The quantitative estimate of drug-likeness (QED) is 0.540. The Kier molecular flexibility index (Phi) is 6.63. The molecule has 2 unspecified atom stereocenters. The van der Waals surface area contributed by atoms with Crippen molar-refractivity contribution in [1.82, 2.24) is 0 Å². The number of methoxy groups -OCH3 is 1. The van der Waals surface area contributed by atoms with Crippen molar-refractivity contribution in [3.05, 3.63) is 0 Å². The van der Waals surface area contributed by atoms with Crippen LogP contribution in [0.3, 0.4) is 0 Å². The Balaban J connectivity index is 3.28. The van der Waals surface area contributed by atoms with Crippen LogP contribution in [-0.4, -0.2) is 13.7 Å². The molecule has 0 rings (SSSR count). The van der Waals surface area contributed by atoms with Crippen molar-refractivity contribution in [2.24, 2.45) is 11.8 Å². The lowest BCUT2D eigenvalue weighted by Gasteiger charge is -2.17. The normalized spacial score (nSPS) is 16.4. The van der Waals surface area contributed by atoms with E-state index in [1.165, 1.54) is 19.3 Å². The lowest BCUT2D eigenvalue weighted by atomic mass is 9.90. The highest BCUT2D eigenvalue weighted by Gasteiger charge is 2.08. The van der Waals surface area contributed by atoms with Gasteiger partial charge in [0.2, 0.25) is 0 Å². The standard InChI is InChI=1S/C10H22O/c1-5-9(2)10(3)7-6-8-11-4/h9-10H,5-8H2,1-4H3. The maximum absolute atomic E-state index is 5.01. The second-order valence-corrected chi connectivity index (χ2v) is 3.50. The van der Waals surface area contributed by atoms with Gasteiger partial charge in [0.1, 0.15) is 0 Å². The Morgan fingerprint density at radius 2 is 1.82 bits per heavy atom. The first-order chi connectivity index (χ1) is 5.22. The summed E-state index contributed by atoms with van der Waals surface area (Å²) >= 11 is 0. The van der Waals surface area contributed by atoms with Crippen molar-refractivity contribution in [2.75, 3.05) is 13.7 Å². The summed E-state index contributed by atoms with van der Waals surface area (Å²) in [4.78, 5) is 0. The summed E-state index contributed by atoms with van der Waals surface area (Å²) in [5.74, 6) is 1.72. The summed E-state index contributed by atoms with van der Waals surface area (Å²) in [6, 6.07) is 0. The molecule has 1 nitrogen and oxygen atoms in total. The Morgan fingerprint density at radius 3 is 2.27 bits per heavy atom. The fourth-order valence-electron chi connectivity index (χ4n) is 1.24. The zero-order valence-corrected chi connectivity index (χ0v) is 8.39. The molecule has 0 amide bonds. The molecule has 68 valence electrons. The first-order valence-electron chi connectivity index (χ1n) is 4.71. The summed E-state index contributed by atoms with van der Waals surface area (Å²) in [5.41, 5.74) is 0. The maximum atomic E-state index is 5.01. The number of hydrogen-bond acceptors (Lipinski definition) is 1. The minimum absolute atomic E-state index is 0.857. The van der Waals surface area contributed by atoms with Crippen LogP contribution in [0.25, 0.3) is 0 Å². The third-order valence-electron chi connectivity index (χ3n) is 2.62. The second-order valence-electron chi connectivity index (χ2n) is 3.50. The molecule has 0 saturated heterocycles. The van der Waals surface area contributed by atoms with Crippen LogP contribution >= 0.6 is 0 Å². The van der Waals surface area contributed by atoms with Crippen LogP contribution in [0.5, 0.6) is 0 Å². The minimum Gasteiger partial charge on any atom is -0.385 e. The van der Waals surface area contributed by atoms with E-state index in [4.69, 9.17) is 4.74 Å². The first-order valence-corrected chi connectivity index (χ1v) is 4.71. The van der Waals surface area contributed by atoms with E-state index in [2.05, 4.69) is 20.8 Å². The monoisotopic (exact) mass is 158 g/mol. The van der Waals surface area contributed by atoms with Crippen LogP contribution < -0.4 is 0 Å². The molecular formula is C10H22O. The van der Waals surface area contributed by atoms with Gasteiger partial charge in [-0.3, -0.25) is 0 Å². The van der Waals surface area contributed by atoms with E-state index in [0.717, 1.165) is 18.4 Å². The summed E-state index contributed by atoms with van der Waals surface area (Å²) in [7, 11) is 1.77. The van der Waals surface area contributed by atoms with Gasteiger partial charge in [-0.15, -0.1) is 0 Å². The van der Waals surface area contributed by atoms with Gasteiger partial charge in [-0.05, 0) is 24.7 Å². The average Bonchev–Trinajstić information content (AvgIpc) is 2.03. The Morgan fingerprint density at radius 1 is 1.18 bits per heavy atom. The van der Waals surface area contributed by atoms with E-state index in [9.17, 15) is 0 Å². The van der Waals surface area contributed by atoms with Crippen LogP contribution in [0.2, 0.25) is 0 Å². The molecule has 0 heterocycles. The highest BCUT2D eigenvalue weighted by Crippen LogP contribution is 2.19. The first kappa shape index (κ1) is 11.0. The second kappa shape index (κ2) is 6.66. The van der Waals surface area contributed by atoms with E-state index in [-0.39, 0.29) is 0 Å². The lowest BCUT2D eigenvalue weighted by Crippen LogP contribution is -2.07. The molecule has 11 heavy (non-hydrogen) atoms. The molecule has 0 aromatic carbocycles. The van der Waals surface area contributed by atoms with Gasteiger partial charge < -0.3 is 4.74 Å². The zero-order chi connectivity index (χ0) is 8.69. The van der Waals surface area contributed by atoms with Crippen LogP contribution in [0.1, 0.15) is 40.0 Å².